The Bertz CT molecular complexity index is 1500. The van der Waals surface area contributed by atoms with Gasteiger partial charge >= 0.3 is 0 Å². The van der Waals surface area contributed by atoms with Crippen molar-refractivity contribution >= 4 is 49.5 Å². The number of imidazole rings is 1. The lowest BCUT2D eigenvalue weighted by molar-refractivity contribution is 0.0973. The number of hydrogen-bond acceptors (Lipinski definition) is 5. The van der Waals surface area contributed by atoms with Gasteiger partial charge in [0.05, 0.1) is 30.8 Å². The van der Waals surface area contributed by atoms with Gasteiger partial charge in [0.1, 0.15) is 5.82 Å². The molecule has 0 saturated carbocycles. The van der Waals surface area contributed by atoms with Crippen molar-refractivity contribution < 1.29 is 14.3 Å². The fourth-order valence-corrected chi connectivity index (χ4v) is 5.81. The smallest absolute Gasteiger partial charge is 0.265 e. The van der Waals surface area contributed by atoms with E-state index in [0.29, 0.717) is 22.8 Å². The summed E-state index contributed by atoms with van der Waals surface area (Å²) < 4.78 is 13.8. The largest absolute Gasteiger partial charge is 0.493 e. The minimum Gasteiger partial charge on any atom is -0.493 e. The van der Waals surface area contributed by atoms with E-state index in [2.05, 4.69) is 32.0 Å². The molecular weight excluding hydrogens is 420 g/mol. The number of thiophene rings is 1. The van der Waals surface area contributed by atoms with Crippen molar-refractivity contribution in [3.63, 3.8) is 0 Å². The Morgan fingerprint density at radius 3 is 2.38 bits per heavy atom. The number of fused-ring (bicyclic) bond motifs is 4. The maximum Gasteiger partial charge on any atom is 0.265 e. The number of hydrogen-bond donors (Lipinski definition) is 0. The van der Waals surface area contributed by atoms with Crippen LogP contribution in [0.2, 0.25) is 0 Å². The van der Waals surface area contributed by atoms with Crippen molar-refractivity contribution in [1.29, 1.82) is 0 Å². The summed E-state index contributed by atoms with van der Waals surface area (Å²) in [6, 6.07) is 12.0. The van der Waals surface area contributed by atoms with Crippen LogP contribution in [-0.2, 0) is 0 Å². The minimum atomic E-state index is -0.0573. The van der Waals surface area contributed by atoms with Gasteiger partial charge in [0.15, 0.2) is 11.5 Å². The highest BCUT2D eigenvalue weighted by Gasteiger charge is 2.36. The van der Waals surface area contributed by atoms with Crippen LogP contribution in [0.25, 0.3) is 32.3 Å². The topological polar surface area (TPSA) is 53.4 Å². The average Bonchev–Trinajstić information content (AvgIpc) is 3.39. The first kappa shape index (κ1) is 20.5. The summed E-state index contributed by atoms with van der Waals surface area (Å²) >= 11 is 1.76. The zero-order valence-corrected chi connectivity index (χ0v) is 19.8. The second kappa shape index (κ2) is 7.35. The van der Waals surface area contributed by atoms with E-state index in [1.807, 2.05) is 32.0 Å². The van der Waals surface area contributed by atoms with E-state index >= 15 is 0 Å². The Balaban J connectivity index is 1.81. The second-order valence-corrected chi connectivity index (χ2v) is 9.43. The number of carbonyl (C=O) groups excluding carboxylic acids is 1. The summed E-state index contributed by atoms with van der Waals surface area (Å²) in [4.78, 5) is 19.9. The zero-order chi connectivity index (χ0) is 22.7. The molecule has 5 nitrogen and oxygen atoms in total. The number of allylic oxidation sites excluding steroid dienone is 4. The maximum absolute atomic E-state index is 13.9. The molecule has 4 aromatic rings. The number of nitrogens with zero attached hydrogens (tertiary/aromatic N) is 2. The summed E-state index contributed by atoms with van der Waals surface area (Å²) in [7, 11) is 3.19. The lowest BCUT2D eigenvalue weighted by atomic mass is 9.93. The van der Waals surface area contributed by atoms with Crippen molar-refractivity contribution in [3.05, 3.63) is 63.8 Å². The van der Waals surface area contributed by atoms with Crippen molar-refractivity contribution in [3.8, 4) is 11.5 Å². The van der Waals surface area contributed by atoms with E-state index in [4.69, 9.17) is 14.5 Å². The molecule has 0 N–H and O–H groups in total. The highest BCUT2D eigenvalue weighted by Crippen LogP contribution is 2.45. The molecule has 0 atom stereocenters. The summed E-state index contributed by atoms with van der Waals surface area (Å²) in [6.07, 6.45) is 0. The van der Waals surface area contributed by atoms with Crippen molar-refractivity contribution in [2.45, 2.75) is 27.7 Å². The third-order valence-corrected chi connectivity index (χ3v) is 7.16. The third kappa shape index (κ3) is 2.76. The van der Waals surface area contributed by atoms with Crippen LogP contribution >= 0.6 is 11.3 Å². The predicted octanol–water partition coefficient (Wildman–Crippen LogP) is 6.50. The van der Waals surface area contributed by atoms with Gasteiger partial charge in [-0.05, 0) is 44.9 Å². The Hall–Kier alpha value is -3.38. The Morgan fingerprint density at radius 1 is 1.00 bits per heavy atom. The molecule has 3 heterocycles. The van der Waals surface area contributed by atoms with Crippen LogP contribution in [0.15, 0.2) is 47.5 Å². The van der Waals surface area contributed by atoms with Crippen LogP contribution in [0.5, 0.6) is 11.5 Å². The summed E-state index contributed by atoms with van der Waals surface area (Å²) in [5.41, 5.74) is 6.22. The molecule has 162 valence electrons. The quantitative estimate of drug-likeness (QED) is 0.339. The molecule has 2 aromatic heterocycles. The number of carbonyl (C=O) groups is 1. The molecule has 0 aliphatic carbocycles. The molecule has 1 aliphatic heterocycles. The molecule has 0 radical (unpaired) electrons. The van der Waals surface area contributed by atoms with E-state index in [-0.39, 0.29) is 5.91 Å². The number of benzene rings is 2. The average molecular weight is 445 g/mol. The predicted molar refractivity (Wildman–Crippen MR) is 131 cm³/mol. The molecular formula is C26H24N2O3S. The molecule has 1 aliphatic rings. The summed E-state index contributed by atoms with van der Waals surface area (Å²) in [5.74, 6) is 1.78. The van der Waals surface area contributed by atoms with Crippen molar-refractivity contribution in [2.75, 3.05) is 14.2 Å². The monoisotopic (exact) mass is 444 g/mol. The second-order valence-electron chi connectivity index (χ2n) is 8.18. The van der Waals surface area contributed by atoms with Crippen molar-refractivity contribution in [1.82, 2.24) is 9.55 Å². The van der Waals surface area contributed by atoms with Gasteiger partial charge in [-0.15, -0.1) is 11.3 Å². The van der Waals surface area contributed by atoms with Crippen LogP contribution < -0.4 is 9.47 Å². The molecule has 0 fully saturated rings. The van der Waals surface area contributed by atoms with E-state index in [9.17, 15) is 4.79 Å². The van der Waals surface area contributed by atoms with Crippen LogP contribution in [0.4, 0.5) is 0 Å². The fourth-order valence-electron chi connectivity index (χ4n) is 4.69. The van der Waals surface area contributed by atoms with E-state index in [1.165, 1.54) is 15.0 Å². The Kier molecular flexibility index (Phi) is 4.71. The molecule has 0 saturated heterocycles. The first-order chi connectivity index (χ1) is 15.4. The Labute approximate surface area is 190 Å². The van der Waals surface area contributed by atoms with Crippen LogP contribution in [0.3, 0.4) is 0 Å². The van der Waals surface area contributed by atoms with E-state index < -0.39 is 0 Å². The number of aryl methyl sites for hydroxylation is 1. The van der Waals surface area contributed by atoms with E-state index in [0.717, 1.165) is 33.4 Å². The molecule has 2 aromatic carbocycles. The van der Waals surface area contributed by atoms with Gasteiger partial charge in [-0.25, -0.2) is 4.98 Å². The highest BCUT2D eigenvalue weighted by molar-refractivity contribution is 7.19. The number of rotatable bonds is 3. The molecule has 0 bridgehead atoms. The van der Waals surface area contributed by atoms with Gasteiger partial charge in [0.25, 0.3) is 5.91 Å². The molecule has 6 heteroatoms. The lowest BCUT2D eigenvalue weighted by Crippen LogP contribution is -2.07. The number of aromatic nitrogens is 2. The summed E-state index contributed by atoms with van der Waals surface area (Å²) in [6.45, 7) is 8.24. The van der Waals surface area contributed by atoms with Gasteiger partial charge in [-0.2, -0.15) is 0 Å². The van der Waals surface area contributed by atoms with Crippen LogP contribution in [-0.4, -0.2) is 29.7 Å². The zero-order valence-electron chi connectivity index (χ0n) is 19.0. The van der Waals surface area contributed by atoms with Gasteiger partial charge in [-0.3, -0.25) is 9.36 Å². The van der Waals surface area contributed by atoms with Crippen LogP contribution in [0.1, 0.15) is 41.8 Å². The lowest BCUT2D eigenvalue weighted by Gasteiger charge is -2.10. The third-order valence-electron chi connectivity index (χ3n) is 6.07. The van der Waals surface area contributed by atoms with Crippen LogP contribution in [0, 0.1) is 6.92 Å². The highest BCUT2D eigenvalue weighted by atomic mass is 32.1. The molecule has 0 unspecified atom stereocenters. The van der Waals surface area contributed by atoms with E-state index in [1.54, 1.807) is 30.1 Å². The van der Waals surface area contributed by atoms with Gasteiger partial charge in [0.2, 0.25) is 0 Å². The minimum absolute atomic E-state index is 0.0573. The SMILES string of the molecule is COc1cc2nc3n(c2cc1OC)C(=O)/C(=C(/C)c1c(C)sc2ccccc12)C3=C(C)C. The molecule has 0 amide bonds. The van der Waals surface area contributed by atoms with Gasteiger partial charge in [0, 0.05) is 32.7 Å². The van der Waals surface area contributed by atoms with Crippen molar-refractivity contribution in [2.24, 2.45) is 0 Å². The Morgan fingerprint density at radius 2 is 1.69 bits per heavy atom. The molecule has 32 heavy (non-hydrogen) atoms. The number of methoxy groups -OCH3 is 2. The number of ether oxygens (including phenoxy) is 2. The summed E-state index contributed by atoms with van der Waals surface area (Å²) in [5, 5.41) is 1.18. The fraction of sp³-hybridized carbons (Fsp3) is 0.231. The first-order valence-electron chi connectivity index (χ1n) is 10.4. The molecule has 0 spiro atoms. The molecule has 5 rings (SSSR count). The standard InChI is InChI=1S/C26H24N2O3S/c1-13(2)22-24(14(3)23-15(4)32-21-10-8-7-9-16(21)23)26(29)28-18-12-20(31-6)19(30-5)11-17(18)27-25(22)28/h7-12H,1-6H3/b24-14-. The van der Waals surface area contributed by atoms with Gasteiger partial charge < -0.3 is 9.47 Å². The normalized spacial score (nSPS) is 14.9. The van der Waals surface area contributed by atoms with Gasteiger partial charge in [-0.1, -0.05) is 23.8 Å². The maximum atomic E-state index is 13.9. The first-order valence-corrected chi connectivity index (χ1v) is 11.3.